The first-order valence-corrected chi connectivity index (χ1v) is 5.89. The van der Waals surface area contributed by atoms with Gasteiger partial charge < -0.3 is 4.98 Å². The van der Waals surface area contributed by atoms with E-state index in [-0.39, 0.29) is 5.78 Å². The Morgan fingerprint density at radius 1 is 1.33 bits per heavy atom. The van der Waals surface area contributed by atoms with Gasteiger partial charge in [-0.25, -0.2) is 0 Å². The second-order valence-corrected chi connectivity index (χ2v) is 4.64. The molecule has 1 aromatic heterocycles. The number of Topliss-reactive ketones (excluding diaryl/α,β-unsaturated/α-hetero) is 1. The molecule has 0 unspecified atom stereocenters. The SMILES string of the molecule is CC(=O)c1c(C2CCCCC2)c[nH]c1C. The maximum absolute atomic E-state index is 11.6. The average Bonchev–Trinajstić information content (AvgIpc) is 2.61. The predicted octanol–water partition coefficient (Wildman–Crippen LogP) is 3.57. The highest BCUT2D eigenvalue weighted by Gasteiger charge is 2.22. The number of carbonyl (C=O) groups excluding carboxylic acids is 1. The van der Waals surface area contributed by atoms with Gasteiger partial charge in [0, 0.05) is 17.5 Å². The van der Waals surface area contributed by atoms with E-state index in [9.17, 15) is 4.79 Å². The van der Waals surface area contributed by atoms with E-state index < -0.39 is 0 Å². The van der Waals surface area contributed by atoms with Crippen LogP contribution in [0.15, 0.2) is 6.20 Å². The number of ketones is 1. The monoisotopic (exact) mass is 205 g/mol. The topological polar surface area (TPSA) is 32.9 Å². The highest BCUT2D eigenvalue weighted by Crippen LogP contribution is 2.35. The summed E-state index contributed by atoms with van der Waals surface area (Å²) in [5.41, 5.74) is 3.24. The van der Waals surface area contributed by atoms with Gasteiger partial charge >= 0.3 is 0 Å². The van der Waals surface area contributed by atoms with Gasteiger partial charge in [0.2, 0.25) is 0 Å². The van der Waals surface area contributed by atoms with Gasteiger partial charge in [0.15, 0.2) is 5.78 Å². The highest BCUT2D eigenvalue weighted by molar-refractivity contribution is 5.97. The van der Waals surface area contributed by atoms with Gasteiger partial charge in [-0.15, -0.1) is 0 Å². The normalized spacial score (nSPS) is 18.0. The van der Waals surface area contributed by atoms with Crippen LogP contribution >= 0.6 is 0 Å². The third kappa shape index (κ3) is 1.99. The largest absolute Gasteiger partial charge is 0.364 e. The van der Waals surface area contributed by atoms with Crippen molar-refractivity contribution in [3.63, 3.8) is 0 Å². The van der Waals surface area contributed by atoms with E-state index in [0.29, 0.717) is 5.92 Å². The minimum Gasteiger partial charge on any atom is -0.364 e. The van der Waals surface area contributed by atoms with Crippen molar-refractivity contribution in [3.8, 4) is 0 Å². The van der Waals surface area contributed by atoms with E-state index in [4.69, 9.17) is 0 Å². The van der Waals surface area contributed by atoms with Crippen LogP contribution in [0, 0.1) is 6.92 Å². The zero-order valence-electron chi connectivity index (χ0n) is 9.60. The third-order valence-corrected chi connectivity index (χ3v) is 3.50. The number of hydrogen-bond donors (Lipinski definition) is 1. The minimum absolute atomic E-state index is 0.203. The lowest BCUT2D eigenvalue weighted by Gasteiger charge is -2.21. The maximum atomic E-state index is 11.6. The van der Waals surface area contributed by atoms with E-state index in [2.05, 4.69) is 4.98 Å². The van der Waals surface area contributed by atoms with Gasteiger partial charge in [-0.2, -0.15) is 0 Å². The summed E-state index contributed by atoms with van der Waals surface area (Å²) in [5.74, 6) is 0.817. The Morgan fingerprint density at radius 2 is 2.00 bits per heavy atom. The molecular weight excluding hydrogens is 186 g/mol. The van der Waals surface area contributed by atoms with Gasteiger partial charge in [0.1, 0.15) is 0 Å². The molecule has 0 atom stereocenters. The first-order chi connectivity index (χ1) is 7.20. The summed E-state index contributed by atoms with van der Waals surface area (Å²) in [5, 5.41) is 0. The summed E-state index contributed by atoms with van der Waals surface area (Å²) in [6.07, 6.45) is 8.52. The van der Waals surface area contributed by atoms with Crippen LogP contribution in [-0.4, -0.2) is 10.8 Å². The smallest absolute Gasteiger partial charge is 0.161 e. The van der Waals surface area contributed by atoms with Crippen molar-refractivity contribution in [2.45, 2.75) is 51.9 Å². The second-order valence-electron chi connectivity index (χ2n) is 4.64. The Labute approximate surface area is 91.1 Å². The Morgan fingerprint density at radius 3 is 2.60 bits per heavy atom. The van der Waals surface area contributed by atoms with Crippen LogP contribution in [0.5, 0.6) is 0 Å². The lowest BCUT2D eigenvalue weighted by molar-refractivity contribution is 0.101. The van der Waals surface area contributed by atoms with Crippen LogP contribution in [0.1, 0.15) is 66.6 Å². The predicted molar refractivity (Wildman–Crippen MR) is 61.4 cm³/mol. The van der Waals surface area contributed by atoms with E-state index >= 15 is 0 Å². The quantitative estimate of drug-likeness (QED) is 0.735. The van der Waals surface area contributed by atoms with Gasteiger partial charge in [0.05, 0.1) is 0 Å². The molecule has 0 aliphatic heterocycles. The summed E-state index contributed by atoms with van der Waals surface area (Å²) in [4.78, 5) is 14.8. The lowest BCUT2D eigenvalue weighted by atomic mass is 9.83. The van der Waals surface area contributed by atoms with E-state index in [1.807, 2.05) is 13.1 Å². The zero-order valence-corrected chi connectivity index (χ0v) is 9.60. The van der Waals surface area contributed by atoms with Crippen molar-refractivity contribution in [1.29, 1.82) is 0 Å². The number of rotatable bonds is 2. The van der Waals surface area contributed by atoms with Crippen molar-refractivity contribution in [1.82, 2.24) is 4.98 Å². The van der Waals surface area contributed by atoms with Crippen LogP contribution < -0.4 is 0 Å². The number of aryl methyl sites for hydroxylation is 1. The van der Waals surface area contributed by atoms with Crippen molar-refractivity contribution in [2.75, 3.05) is 0 Å². The van der Waals surface area contributed by atoms with E-state index in [1.165, 1.54) is 37.7 Å². The molecule has 0 radical (unpaired) electrons. The molecule has 0 aromatic carbocycles. The molecule has 0 bridgehead atoms. The van der Waals surface area contributed by atoms with E-state index in [1.54, 1.807) is 6.92 Å². The van der Waals surface area contributed by atoms with Gasteiger partial charge in [-0.3, -0.25) is 4.79 Å². The van der Waals surface area contributed by atoms with Crippen LogP contribution in [-0.2, 0) is 0 Å². The minimum atomic E-state index is 0.203. The first kappa shape index (κ1) is 10.5. The Kier molecular flexibility index (Phi) is 2.94. The molecule has 0 amide bonds. The summed E-state index contributed by atoms with van der Waals surface area (Å²) in [6, 6.07) is 0. The van der Waals surface area contributed by atoms with Crippen LogP contribution in [0.3, 0.4) is 0 Å². The van der Waals surface area contributed by atoms with Crippen molar-refractivity contribution >= 4 is 5.78 Å². The molecule has 15 heavy (non-hydrogen) atoms. The number of hydrogen-bond acceptors (Lipinski definition) is 1. The molecule has 1 aromatic rings. The fourth-order valence-corrected chi connectivity index (χ4v) is 2.75. The van der Waals surface area contributed by atoms with Crippen molar-refractivity contribution in [2.24, 2.45) is 0 Å². The van der Waals surface area contributed by atoms with Gasteiger partial charge in [-0.1, -0.05) is 19.3 Å². The third-order valence-electron chi connectivity index (χ3n) is 3.50. The van der Waals surface area contributed by atoms with Crippen molar-refractivity contribution in [3.05, 3.63) is 23.0 Å². The van der Waals surface area contributed by atoms with Crippen LogP contribution in [0.25, 0.3) is 0 Å². The molecule has 1 N–H and O–H groups in total. The summed E-state index contributed by atoms with van der Waals surface area (Å²) in [6.45, 7) is 3.66. The lowest BCUT2D eigenvalue weighted by Crippen LogP contribution is -2.08. The Balaban J connectivity index is 2.30. The molecule has 1 aliphatic carbocycles. The molecule has 2 nitrogen and oxygen atoms in total. The molecule has 1 heterocycles. The fourth-order valence-electron chi connectivity index (χ4n) is 2.75. The number of nitrogens with one attached hydrogen (secondary N) is 1. The second kappa shape index (κ2) is 4.21. The molecule has 2 rings (SSSR count). The molecule has 1 saturated carbocycles. The highest BCUT2D eigenvalue weighted by atomic mass is 16.1. The van der Waals surface area contributed by atoms with Crippen LogP contribution in [0.2, 0.25) is 0 Å². The average molecular weight is 205 g/mol. The van der Waals surface area contributed by atoms with Crippen molar-refractivity contribution < 1.29 is 4.79 Å². The zero-order chi connectivity index (χ0) is 10.8. The molecule has 1 fully saturated rings. The molecule has 0 spiro atoms. The first-order valence-electron chi connectivity index (χ1n) is 5.89. The number of carbonyl (C=O) groups is 1. The summed E-state index contributed by atoms with van der Waals surface area (Å²) in [7, 11) is 0. The molecule has 1 aliphatic rings. The molecule has 2 heteroatoms. The summed E-state index contributed by atoms with van der Waals surface area (Å²) >= 11 is 0. The molecule has 0 saturated heterocycles. The number of H-pyrrole nitrogens is 1. The number of aromatic amines is 1. The van der Waals surface area contributed by atoms with Gasteiger partial charge in [0.25, 0.3) is 0 Å². The number of aromatic nitrogens is 1. The Bertz CT molecular complexity index is 359. The van der Waals surface area contributed by atoms with Gasteiger partial charge in [-0.05, 0) is 38.2 Å². The Hall–Kier alpha value is -1.05. The maximum Gasteiger partial charge on any atom is 0.161 e. The summed E-state index contributed by atoms with van der Waals surface area (Å²) < 4.78 is 0. The standard InChI is InChI=1S/C13H19NO/c1-9-13(10(2)15)12(8-14-9)11-6-4-3-5-7-11/h8,11,14H,3-7H2,1-2H3. The van der Waals surface area contributed by atoms with E-state index in [0.717, 1.165) is 11.3 Å². The fraction of sp³-hybridized carbons (Fsp3) is 0.615. The molecular formula is C13H19NO. The van der Waals surface area contributed by atoms with Crippen LogP contribution in [0.4, 0.5) is 0 Å². The molecule has 82 valence electrons.